The molecule has 5 heterocycles. The number of ether oxygens (including phenoxy) is 1. The zero-order chi connectivity index (χ0) is 22.0. The molecule has 1 atom stereocenters. The summed E-state index contributed by atoms with van der Waals surface area (Å²) in [5.74, 6) is 0.0725. The van der Waals surface area contributed by atoms with Gasteiger partial charge in [0.15, 0.2) is 7.06 Å². The van der Waals surface area contributed by atoms with Crippen molar-refractivity contribution in [3.05, 3.63) is 23.9 Å². The average molecular weight is 417 g/mol. The predicted octanol–water partition coefficient (Wildman–Crippen LogP) is 1.41. The number of amides is 1. The summed E-state index contributed by atoms with van der Waals surface area (Å²) in [5.41, 5.74) is 2.63. The molecule has 6 rings (SSSR count). The van der Waals surface area contributed by atoms with Crippen LogP contribution in [0, 0.1) is 0 Å². The summed E-state index contributed by atoms with van der Waals surface area (Å²) >= 11 is 0. The Labute approximate surface area is 177 Å². The molecule has 162 valence electrons. The van der Waals surface area contributed by atoms with E-state index in [0.717, 1.165) is 75.1 Å². The third kappa shape index (κ3) is 3.99. The number of rotatable bonds is 3. The van der Waals surface area contributed by atoms with Crippen molar-refractivity contribution in [2.45, 2.75) is 31.4 Å². The van der Waals surface area contributed by atoms with E-state index >= 15 is 0 Å². The SMILES string of the molecule is CO[C@H]1CCN(c2ccc3[nH]nc(C(=O)N4CCN5CCC4CC5)c3c2)C1.[2H]C(=O)O. The van der Waals surface area contributed by atoms with Gasteiger partial charge in [0.05, 0.1) is 11.6 Å². The van der Waals surface area contributed by atoms with Gasteiger partial charge in [-0.2, -0.15) is 5.10 Å². The fourth-order valence-electron chi connectivity index (χ4n) is 4.81. The molecule has 1 aromatic heterocycles. The van der Waals surface area contributed by atoms with Gasteiger partial charge < -0.3 is 24.5 Å². The van der Waals surface area contributed by atoms with E-state index in [1.54, 1.807) is 7.11 Å². The number of hydrogen-bond acceptors (Lipinski definition) is 6. The van der Waals surface area contributed by atoms with Crippen LogP contribution < -0.4 is 4.90 Å². The highest BCUT2D eigenvalue weighted by Gasteiger charge is 2.34. The van der Waals surface area contributed by atoms with Crippen molar-refractivity contribution in [3.63, 3.8) is 0 Å². The molecule has 2 bridgehead atoms. The molecule has 2 aromatic rings. The van der Waals surface area contributed by atoms with Crippen LogP contribution >= 0.6 is 0 Å². The van der Waals surface area contributed by atoms with E-state index in [0.29, 0.717) is 11.7 Å². The number of piperidine rings is 1. The monoisotopic (exact) mass is 416 g/mol. The summed E-state index contributed by atoms with van der Waals surface area (Å²) in [5, 5.41) is 15.5. The number of hydrogen-bond donors (Lipinski definition) is 2. The number of aromatic amines is 1. The Morgan fingerprint density at radius 1 is 1.27 bits per heavy atom. The van der Waals surface area contributed by atoms with Crippen molar-refractivity contribution in [2.24, 2.45) is 0 Å². The van der Waals surface area contributed by atoms with Crippen LogP contribution in [0.5, 0.6) is 0 Å². The molecule has 4 fully saturated rings. The van der Waals surface area contributed by atoms with Crippen molar-refractivity contribution in [3.8, 4) is 0 Å². The summed E-state index contributed by atoms with van der Waals surface area (Å²) in [6, 6.07) is 6.61. The topological polar surface area (TPSA) is 102 Å². The number of nitrogens with zero attached hydrogens (tertiary/aromatic N) is 4. The maximum atomic E-state index is 13.3. The van der Waals surface area contributed by atoms with Crippen molar-refractivity contribution in [1.29, 1.82) is 0 Å². The van der Waals surface area contributed by atoms with Gasteiger partial charge in [0.1, 0.15) is 0 Å². The van der Waals surface area contributed by atoms with E-state index < -0.39 is 6.45 Å². The highest BCUT2D eigenvalue weighted by Crippen LogP contribution is 2.29. The number of nitrogens with one attached hydrogen (secondary N) is 1. The zero-order valence-electron chi connectivity index (χ0n) is 18.2. The lowest BCUT2D eigenvalue weighted by atomic mass is 10.0. The Kier molecular flexibility index (Phi) is 5.80. The van der Waals surface area contributed by atoms with E-state index in [2.05, 4.69) is 37.0 Å². The van der Waals surface area contributed by atoms with Crippen LogP contribution in [-0.2, 0) is 9.53 Å². The lowest BCUT2D eigenvalue weighted by Crippen LogP contribution is -2.41. The predicted molar refractivity (Wildman–Crippen MR) is 113 cm³/mol. The summed E-state index contributed by atoms with van der Waals surface area (Å²) in [4.78, 5) is 28.9. The van der Waals surface area contributed by atoms with E-state index in [1.807, 2.05) is 6.07 Å². The number of carbonyl (C=O) groups excluding carboxylic acids is 1. The smallest absolute Gasteiger partial charge is 0.290 e. The molecular weight excluding hydrogens is 386 g/mol. The van der Waals surface area contributed by atoms with Crippen LogP contribution in [0.1, 0.15) is 31.1 Å². The molecule has 0 spiro atoms. The molecule has 4 aliphatic heterocycles. The van der Waals surface area contributed by atoms with E-state index in [1.165, 1.54) is 0 Å². The van der Waals surface area contributed by atoms with Crippen molar-refractivity contribution < 1.29 is 20.8 Å². The minimum Gasteiger partial charge on any atom is -0.483 e. The third-order valence-corrected chi connectivity index (χ3v) is 6.51. The Morgan fingerprint density at radius 3 is 2.73 bits per heavy atom. The van der Waals surface area contributed by atoms with Gasteiger partial charge in [-0.15, -0.1) is 0 Å². The molecular formula is C21H29N5O4. The quantitative estimate of drug-likeness (QED) is 0.730. The van der Waals surface area contributed by atoms with Gasteiger partial charge in [-0.05, 0) is 37.5 Å². The van der Waals surface area contributed by atoms with Crippen LogP contribution in [0.15, 0.2) is 18.2 Å². The molecule has 1 amide bonds. The summed E-state index contributed by atoms with van der Waals surface area (Å²) in [7, 11) is 1.77. The van der Waals surface area contributed by atoms with Gasteiger partial charge in [-0.25, -0.2) is 0 Å². The molecule has 9 nitrogen and oxygen atoms in total. The first kappa shape index (κ1) is 19.3. The van der Waals surface area contributed by atoms with Gasteiger partial charge in [0, 0.05) is 63.5 Å². The molecule has 0 radical (unpaired) electrons. The number of anilines is 1. The second-order valence-electron chi connectivity index (χ2n) is 8.06. The number of carbonyl (C=O) groups is 2. The normalized spacial score (nSPS) is 26.2. The number of methoxy groups -OCH3 is 1. The van der Waals surface area contributed by atoms with E-state index in [9.17, 15) is 4.79 Å². The first-order chi connectivity index (χ1) is 15.0. The number of benzene rings is 1. The Hall–Kier alpha value is -2.65. The third-order valence-electron chi connectivity index (χ3n) is 6.51. The first-order valence-corrected chi connectivity index (χ1v) is 10.4. The minimum atomic E-state index is -1.58. The number of carboxylic acid groups (broad SMARTS) is 1. The van der Waals surface area contributed by atoms with Crippen LogP contribution in [-0.4, -0.2) is 96.0 Å². The summed E-state index contributed by atoms with van der Waals surface area (Å²) < 4.78 is 11.0. The van der Waals surface area contributed by atoms with Gasteiger partial charge in [0.25, 0.3) is 12.4 Å². The largest absolute Gasteiger partial charge is 0.483 e. The molecule has 4 aliphatic rings. The molecule has 1 aromatic carbocycles. The fourth-order valence-corrected chi connectivity index (χ4v) is 4.81. The van der Waals surface area contributed by atoms with Gasteiger partial charge >= 0.3 is 0 Å². The van der Waals surface area contributed by atoms with Crippen molar-refractivity contribution in [1.82, 2.24) is 20.0 Å². The Balaban J connectivity index is 0.000000535. The Bertz CT molecular complexity index is 939. The lowest BCUT2D eigenvalue weighted by molar-refractivity contribution is -0.122. The molecule has 9 heteroatoms. The van der Waals surface area contributed by atoms with Crippen molar-refractivity contribution in [2.75, 3.05) is 51.3 Å². The van der Waals surface area contributed by atoms with Crippen molar-refractivity contribution >= 4 is 28.9 Å². The highest BCUT2D eigenvalue weighted by atomic mass is 16.5. The highest BCUT2D eigenvalue weighted by molar-refractivity contribution is 6.05. The molecule has 0 saturated carbocycles. The van der Waals surface area contributed by atoms with E-state index in [-0.39, 0.29) is 12.0 Å². The minimum absolute atomic E-state index is 0.0725. The van der Waals surface area contributed by atoms with Gasteiger partial charge in [-0.3, -0.25) is 14.7 Å². The van der Waals surface area contributed by atoms with Crippen LogP contribution in [0.4, 0.5) is 5.69 Å². The maximum Gasteiger partial charge on any atom is 0.290 e. The Morgan fingerprint density at radius 2 is 2.03 bits per heavy atom. The van der Waals surface area contributed by atoms with E-state index in [4.69, 9.17) is 16.0 Å². The van der Waals surface area contributed by atoms with Gasteiger partial charge in [0.2, 0.25) is 0 Å². The van der Waals surface area contributed by atoms with Crippen LogP contribution in [0.3, 0.4) is 0 Å². The molecule has 4 saturated heterocycles. The molecule has 0 unspecified atom stereocenters. The fraction of sp³-hybridized carbons (Fsp3) is 0.571. The first-order valence-electron chi connectivity index (χ1n) is 10.9. The molecule has 0 aliphatic carbocycles. The summed E-state index contributed by atoms with van der Waals surface area (Å²) in [6.45, 7) is 5.87. The van der Waals surface area contributed by atoms with Crippen LogP contribution in [0.25, 0.3) is 10.9 Å². The zero-order valence-corrected chi connectivity index (χ0v) is 17.2. The second kappa shape index (κ2) is 9.01. The summed E-state index contributed by atoms with van der Waals surface area (Å²) in [6.07, 6.45) is 1.89. The maximum absolute atomic E-state index is 13.3. The molecule has 2 N–H and O–H groups in total. The number of aromatic nitrogens is 2. The number of fused-ring (bicyclic) bond motifs is 5. The standard InChI is InChI=1S/C20H27N5O2.CH2O2/c1-27-16-6-9-24(13-16)15-2-3-18-17(12-15)19(22-21-18)20(26)25-11-10-23-7-4-14(25)5-8-23;2-1-3/h2-3,12,14,16H,4-11,13H2,1H3,(H,21,22);1H,(H,2,3)/t16-;/m0./s1/i;1D. The van der Waals surface area contributed by atoms with Gasteiger partial charge in [-0.1, -0.05) is 0 Å². The molecule has 30 heavy (non-hydrogen) atoms. The number of H-pyrrole nitrogens is 1. The second-order valence-corrected chi connectivity index (χ2v) is 8.06. The average Bonchev–Trinajstić information content (AvgIpc) is 3.30. The van der Waals surface area contributed by atoms with Crippen LogP contribution in [0.2, 0.25) is 0 Å². The lowest BCUT2D eigenvalue weighted by Gasteiger charge is -2.31.